The molecule has 0 radical (unpaired) electrons. The number of rotatable bonds is 4. The summed E-state index contributed by atoms with van der Waals surface area (Å²) in [4.78, 5) is 23.1. The van der Waals surface area contributed by atoms with Crippen LogP contribution >= 0.6 is 23.4 Å². The molecular weight excluding hydrogens is 362 g/mol. The molecule has 2 aromatic rings. The Hall–Kier alpha value is -2.64. The maximum atomic E-state index is 12.1. The van der Waals surface area contributed by atoms with Crippen LogP contribution in [0, 0.1) is 0 Å². The molecule has 0 bridgehead atoms. The van der Waals surface area contributed by atoms with Gasteiger partial charge < -0.3 is 10.1 Å². The van der Waals surface area contributed by atoms with Crippen molar-refractivity contribution in [1.29, 1.82) is 0 Å². The van der Waals surface area contributed by atoms with E-state index in [9.17, 15) is 9.59 Å². The fourth-order valence-corrected chi connectivity index (χ4v) is 2.78. The van der Waals surface area contributed by atoms with E-state index in [1.165, 1.54) is 18.0 Å². The van der Waals surface area contributed by atoms with E-state index < -0.39 is 5.97 Å². The minimum Gasteiger partial charge on any atom is -0.423 e. The molecule has 0 atom stereocenters. The third-order valence-corrected chi connectivity index (χ3v) is 4.32. The highest BCUT2D eigenvalue weighted by Gasteiger charge is 2.16. The molecule has 1 N–H and O–H groups in total. The van der Waals surface area contributed by atoms with Gasteiger partial charge in [-0.05, 0) is 42.0 Å². The molecule has 0 spiro atoms. The van der Waals surface area contributed by atoms with Crippen LogP contribution in [-0.4, -0.2) is 29.0 Å². The van der Waals surface area contributed by atoms with Gasteiger partial charge in [0.25, 0.3) is 0 Å². The van der Waals surface area contributed by atoms with Crippen molar-refractivity contribution in [3.63, 3.8) is 0 Å². The Balaban J connectivity index is 1.61. The molecule has 126 valence electrons. The lowest BCUT2D eigenvalue weighted by Gasteiger charge is -2.05. The first-order valence-corrected chi connectivity index (χ1v) is 8.58. The van der Waals surface area contributed by atoms with Crippen LogP contribution in [0.4, 0.5) is 0 Å². The highest BCUT2D eigenvalue weighted by Crippen LogP contribution is 2.19. The number of hydrogen-bond acceptors (Lipinski definition) is 6. The van der Waals surface area contributed by atoms with Gasteiger partial charge in [0.05, 0.1) is 22.6 Å². The van der Waals surface area contributed by atoms with E-state index >= 15 is 0 Å². The molecule has 1 aliphatic heterocycles. The number of amides is 1. The topological polar surface area (TPSA) is 80.1 Å². The number of nitrogens with zero attached hydrogens (tertiary/aromatic N) is 2. The number of thioether (sulfide) groups is 1. The maximum absolute atomic E-state index is 12.1. The number of nitrogens with one attached hydrogen (secondary N) is 1. The molecule has 0 aliphatic carbocycles. The quantitative estimate of drug-likeness (QED) is 0.386. The summed E-state index contributed by atoms with van der Waals surface area (Å²) in [6.45, 7) is 0. The molecule has 0 saturated carbocycles. The maximum Gasteiger partial charge on any atom is 0.345 e. The largest absolute Gasteiger partial charge is 0.423 e. The zero-order valence-electron chi connectivity index (χ0n) is 12.8. The summed E-state index contributed by atoms with van der Waals surface area (Å²) >= 11 is 7.27. The number of benzene rings is 2. The molecule has 6 nitrogen and oxygen atoms in total. The van der Waals surface area contributed by atoms with Gasteiger partial charge in [0, 0.05) is 0 Å². The first-order valence-electron chi connectivity index (χ1n) is 7.22. The monoisotopic (exact) mass is 373 g/mol. The number of carbonyl (C=O) groups excluding carboxylic acids is 2. The summed E-state index contributed by atoms with van der Waals surface area (Å²) in [6, 6.07) is 13.5. The highest BCUT2D eigenvalue weighted by molar-refractivity contribution is 8.15. The number of halogens is 1. The Morgan fingerprint density at radius 2 is 1.96 bits per heavy atom. The Kier molecular flexibility index (Phi) is 5.47. The fourth-order valence-electron chi connectivity index (χ4n) is 1.94. The summed E-state index contributed by atoms with van der Waals surface area (Å²) in [6.07, 6.45) is 1.54. The second-order valence-corrected chi connectivity index (χ2v) is 6.30. The molecule has 1 saturated heterocycles. The summed E-state index contributed by atoms with van der Waals surface area (Å²) < 4.78 is 5.29. The lowest BCUT2D eigenvalue weighted by atomic mass is 10.2. The van der Waals surface area contributed by atoms with Crippen molar-refractivity contribution in [1.82, 2.24) is 5.32 Å². The van der Waals surface area contributed by atoms with Gasteiger partial charge in [0.1, 0.15) is 5.75 Å². The second kappa shape index (κ2) is 7.96. The minimum atomic E-state index is -0.521. The lowest BCUT2D eigenvalue weighted by molar-refractivity contribution is -0.116. The molecule has 1 fully saturated rings. The van der Waals surface area contributed by atoms with Crippen molar-refractivity contribution in [3.05, 3.63) is 64.7 Å². The van der Waals surface area contributed by atoms with E-state index in [2.05, 4.69) is 15.5 Å². The van der Waals surface area contributed by atoms with E-state index in [-0.39, 0.29) is 5.91 Å². The zero-order valence-corrected chi connectivity index (χ0v) is 14.4. The van der Waals surface area contributed by atoms with E-state index in [1.807, 2.05) is 0 Å². The molecule has 0 aromatic heterocycles. The average Bonchev–Trinajstić information content (AvgIpc) is 3.02. The predicted molar refractivity (Wildman–Crippen MR) is 98.5 cm³/mol. The second-order valence-electron chi connectivity index (χ2n) is 4.92. The van der Waals surface area contributed by atoms with Crippen molar-refractivity contribution in [3.8, 4) is 5.75 Å². The number of hydrogen-bond donors (Lipinski definition) is 1. The van der Waals surface area contributed by atoms with Crippen LogP contribution in [0.3, 0.4) is 0 Å². The van der Waals surface area contributed by atoms with E-state index in [4.69, 9.17) is 16.3 Å². The molecule has 8 heteroatoms. The first kappa shape index (κ1) is 17.2. The minimum absolute atomic E-state index is 0.0800. The van der Waals surface area contributed by atoms with Crippen molar-refractivity contribution in [2.45, 2.75) is 0 Å². The van der Waals surface area contributed by atoms with Crippen LogP contribution in [0.15, 0.2) is 58.7 Å². The fraction of sp³-hybridized carbons (Fsp3) is 0.0588. The van der Waals surface area contributed by atoms with Crippen LogP contribution in [0.5, 0.6) is 5.75 Å². The molecule has 3 rings (SSSR count). The van der Waals surface area contributed by atoms with Crippen LogP contribution in [0.25, 0.3) is 0 Å². The van der Waals surface area contributed by atoms with Crippen LogP contribution < -0.4 is 10.1 Å². The number of ether oxygens (including phenoxy) is 1. The first-order chi connectivity index (χ1) is 12.1. The van der Waals surface area contributed by atoms with Crippen LogP contribution in [0.1, 0.15) is 15.9 Å². The SMILES string of the molecule is O=C1CS/C(=N\N=C\c2ccc(OC(=O)c3ccccc3Cl)cc2)N1. The molecule has 1 aliphatic rings. The Morgan fingerprint density at radius 1 is 1.20 bits per heavy atom. The Morgan fingerprint density at radius 3 is 2.64 bits per heavy atom. The van der Waals surface area contributed by atoms with Gasteiger partial charge in [-0.3, -0.25) is 4.79 Å². The van der Waals surface area contributed by atoms with Crippen molar-refractivity contribution >= 4 is 46.6 Å². The Bertz CT molecular complexity index is 866. The average molecular weight is 374 g/mol. The number of esters is 1. The van der Waals surface area contributed by atoms with Gasteiger partial charge in [-0.15, -0.1) is 5.10 Å². The molecule has 1 heterocycles. The summed E-state index contributed by atoms with van der Waals surface area (Å²) in [5.74, 6) is 0.155. The van der Waals surface area contributed by atoms with Crippen molar-refractivity contribution in [2.75, 3.05) is 5.75 Å². The van der Waals surface area contributed by atoms with Crippen LogP contribution in [0.2, 0.25) is 5.02 Å². The molecule has 1 amide bonds. The third kappa shape index (κ3) is 4.68. The molecule has 25 heavy (non-hydrogen) atoms. The van der Waals surface area contributed by atoms with Gasteiger partial charge in [-0.2, -0.15) is 5.10 Å². The van der Waals surface area contributed by atoms with Gasteiger partial charge in [-0.1, -0.05) is 35.5 Å². The lowest BCUT2D eigenvalue weighted by Crippen LogP contribution is -2.19. The van der Waals surface area contributed by atoms with Crippen molar-refractivity contribution in [2.24, 2.45) is 10.2 Å². The summed E-state index contributed by atoms with van der Waals surface area (Å²) in [7, 11) is 0. The molecular formula is C17H12ClN3O3S. The summed E-state index contributed by atoms with van der Waals surface area (Å²) in [5, 5.41) is 11.2. The molecule has 2 aromatic carbocycles. The normalized spacial score (nSPS) is 15.6. The smallest absolute Gasteiger partial charge is 0.345 e. The Labute approximate surface area is 152 Å². The standard InChI is InChI=1S/C17H12ClN3O3S/c18-14-4-2-1-3-13(14)16(23)24-12-7-5-11(6-8-12)9-19-21-17-20-15(22)10-25-17/h1-9H,10H2,(H,20,21,22)/b19-9+. The highest BCUT2D eigenvalue weighted by atomic mass is 35.5. The predicted octanol–water partition coefficient (Wildman–Crippen LogP) is 3.11. The number of carbonyl (C=O) groups is 2. The van der Waals surface area contributed by atoms with Gasteiger partial charge >= 0.3 is 5.97 Å². The van der Waals surface area contributed by atoms with Gasteiger partial charge in [-0.25, -0.2) is 4.79 Å². The van der Waals surface area contributed by atoms with E-state index in [0.29, 0.717) is 27.3 Å². The zero-order chi connectivity index (χ0) is 17.6. The van der Waals surface area contributed by atoms with Crippen LogP contribution in [-0.2, 0) is 4.79 Å². The molecule has 0 unspecified atom stereocenters. The third-order valence-electron chi connectivity index (χ3n) is 3.13. The van der Waals surface area contributed by atoms with Crippen molar-refractivity contribution < 1.29 is 14.3 Å². The van der Waals surface area contributed by atoms with E-state index in [1.54, 1.807) is 48.5 Å². The van der Waals surface area contributed by atoms with Gasteiger partial charge in [0.2, 0.25) is 5.91 Å². The number of amidine groups is 1. The summed E-state index contributed by atoms with van der Waals surface area (Å²) in [5.41, 5.74) is 1.08. The van der Waals surface area contributed by atoms with Gasteiger partial charge in [0.15, 0.2) is 5.17 Å². The van der Waals surface area contributed by atoms with E-state index in [0.717, 1.165) is 5.56 Å².